The average Bonchev–Trinajstić information content (AvgIpc) is 2.46. The predicted octanol–water partition coefficient (Wildman–Crippen LogP) is 0.681. The molecule has 56 valence electrons. The molecule has 0 saturated carbocycles. The average molecular weight is 149 g/mol. The van der Waals surface area contributed by atoms with Crippen molar-refractivity contribution in [3.63, 3.8) is 0 Å². The van der Waals surface area contributed by atoms with E-state index < -0.39 is 0 Å². The fourth-order valence-electron chi connectivity index (χ4n) is 0.902. The van der Waals surface area contributed by atoms with Gasteiger partial charge in [0.1, 0.15) is 5.52 Å². The summed E-state index contributed by atoms with van der Waals surface area (Å²) < 4.78 is 5.17. The molecule has 2 heterocycles. The first-order valence-electron chi connectivity index (χ1n) is 3.30. The lowest BCUT2D eigenvalue weighted by molar-refractivity contribution is 0.525. The molecule has 0 bridgehead atoms. The van der Waals surface area contributed by atoms with Crippen LogP contribution in [-0.2, 0) is 6.54 Å². The van der Waals surface area contributed by atoms with Crippen molar-refractivity contribution in [1.82, 2.24) is 9.97 Å². The van der Waals surface area contributed by atoms with Crippen LogP contribution < -0.4 is 5.73 Å². The van der Waals surface area contributed by atoms with Crippen LogP contribution in [0.1, 0.15) is 5.89 Å². The Morgan fingerprint density at radius 3 is 3.18 bits per heavy atom. The number of nitrogens with zero attached hydrogens (tertiary/aromatic N) is 2. The van der Waals surface area contributed by atoms with Gasteiger partial charge in [-0.2, -0.15) is 0 Å². The fourth-order valence-corrected chi connectivity index (χ4v) is 0.902. The summed E-state index contributed by atoms with van der Waals surface area (Å²) >= 11 is 0. The van der Waals surface area contributed by atoms with Crippen molar-refractivity contribution < 1.29 is 4.42 Å². The zero-order valence-corrected chi connectivity index (χ0v) is 5.82. The van der Waals surface area contributed by atoms with Crippen LogP contribution >= 0.6 is 0 Å². The molecule has 11 heavy (non-hydrogen) atoms. The van der Waals surface area contributed by atoms with Crippen molar-refractivity contribution in [2.24, 2.45) is 5.73 Å². The van der Waals surface area contributed by atoms with E-state index in [0.29, 0.717) is 18.1 Å². The van der Waals surface area contributed by atoms with E-state index in [9.17, 15) is 0 Å². The summed E-state index contributed by atoms with van der Waals surface area (Å²) in [4.78, 5) is 8.04. The summed E-state index contributed by atoms with van der Waals surface area (Å²) in [5.41, 5.74) is 6.64. The Hall–Kier alpha value is -1.42. The predicted molar refractivity (Wildman–Crippen MR) is 39.7 cm³/mol. The van der Waals surface area contributed by atoms with Crippen molar-refractivity contribution in [1.29, 1.82) is 0 Å². The topological polar surface area (TPSA) is 64.9 Å². The molecule has 0 spiro atoms. The number of pyridine rings is 1. The molecule has 4 nitrogen and oxygen atoms in total. The molecule has 4 heteroatoms. The summed E-state index contributed by atoms with van der Waals surface area (Å²) in [6.45, 7) is 0.316. The van der Waals surface area contributed by atoms with Gasteiger partial charge in [-0.1, -0.05) is 0 Å². The first-order chi connectivity index (χ1) is 5.40. The molecule has 0 aliphatic heterocycles. The van der Waals surface area contributed by atoms with Crippen LogP contribution in [0.2, 0.25) is 0 Å². The van der Waals surface area contributed by atoms with Crippen LogP contribution in [-0.4, -0.2) is 9.97 Å². The van der Waals surface area contributed by atoms with E-state index in [1.165, 1.54) is 0 Å². The largest absolute Gasteiger partial charge is 0.421 e. The van der Waals surface area contributed by atoms with Gasteiger partial charge in [-0.15, -0.1) is 0 Å². The zero-order valence-electron chi connectivity index (χ0n) is 5.82. The maximum Gasteiger partial charge on any atom is 0.246 e. The zero-order chi connectivity index (χ0) is 7.68. The molecule has 2 N–H and O–H groups in total. The van der Waals surface area contributed by atoms with E-state index in [1.807, 2.05) is 12.1 Å². The van der Waals surface area contributed by atoms with E-state index in [4.69, 9.17) is 10.2 Å². The second-order valence-corrected chi connectivity index (χ2v) is 2.14. The second-order valence-electron chi connectivity index (χ2n) is 2.14. The van der Waals surface area contributed by atoms with Crippen molar-refractivity contribution >= 4 is 11.2 Å². The number of rotatable bonds is 1. The van der Waals surface area contributed by atoms with Gasteiger partial charge < -0.3 is 10.2 Å². The molecule has 0 amide bonds. The van der Waals surface area contributed by atoms with Crippen LogP contribution in [0.4, 0.5) is 0 Å². The molecule has 2 aromatic rings. The van der Waals surface area contributed by atoms with Crippen LogP contribution in [0.25, 0.3) is 11.2 Å². The number of hydrogen-bond donors (Lipinski definition) is 1. The normalized spacial score (nSPS) is 10.6. The van der Waals surface area contributed by atoms with E-state index in [1.54, 1.807) is 6.20 Å². The molecular formula is C7H7N3O. The molecule has 0 fully saturated rings. The van der Waals surface area contributed by atoms with Crippen molar-refractivity contribution in [3.05, 3.63) is 24.2 Å². The van der Waals surface area contributed by atoms with E-state index in [-0.39, 0.29) is 0 Å². The van der Waals surface area contributed by atoms with Gasteiger partial charge in [-0.05, 0) is 12.1 Å². The van der Waals surface area contributed by atoms with Crippen LogP contribution in [0.15, 0.2) is 22.7 Å². The molecule has 0 saturated heterocycles. The molecule has 2 rings (SSSR count). The highest BCUT2D eigenvalue weighted by molar-refractivity contribution is 5.67. The van der Waals surface area contributed by atoms with Crippen LogP contribution in [0, 0.1) is 0 Å². The van der Waals surface area contributed by atoms with Gasteiger partial charge in [-0.25, -0.2) is 9.97 Å². The Balaban J connectivity index is 2.69. The smallest absolute Gasteiger partial charge is 0.246 e. The first-order valence-corrected chi connectivity index (χ1v) is 3.30. The SMILES string of the molecule is NCc1nc2cccnc2o1. The van der Waals surface area contributed by atoms with E-state index in [0.717, 1.165) is 5.52 Å². The molecule has 0 unspecified atom stereocenters. The summed E-state index contributed by atoms with van der Waals surface area (Å²) in [7, 11) is 0. The van der Waals surface area contributed by atoms with Crippen molar-refractivity contribution in [2.45, 2.75) is 6.54 Å². The highest BCUT2D eigenvalue weighted by atomic mass is 16.4. The first kappa shape index (κ1) is 6.30. The summed E-state index contributed by atoms with van der Waals surface area (Å²) in [5.74, 6) is 0.527. The molecule has 0 radical (unpaired) electrons. The quantitative estimate of drug-likeness (QED) is 0.647. The number of oxazole rings is 1. The molecule has 0 aliphatic carbocycles. The Labute approximate surface area is 63.1 Å². The van der Waals surface area contributed by atoms with Crippen molar-refractivity contribution in [3.8, 4) is 0 Å². The molecule has 2 aromatic heterocycles. The third-order valence-electron chi connectivity index (χ3n) is 1.39. The van der Waals surface area contributed by atoms with Gasteiger partial charge in [0.25, 0.3) is 0 Å². The summed E-state index contributed by atoms with van der Waals surface area (Å²) in [5, 5.41) is 0. The number of fused-ring (bicyclic) bond motifs is 1. The molecule has 0 atom stereocenters. The van der Waals surface area contributed by atoms with Gasteiger partial charge >= 0.3 is 0 Å². The van der Waals surface area contributed by atoms with Crippen molar-refractivity contribution in [2.75, 3.05) is 0 Å². The molecule has 0 aliphatic rings. The Bertz CT molecular complexity index is 335. The Kier molecular flexibility index (Phi) is 1.33. The second kappa shape index (κ2) is 2.32. The highest BCUT2D eigenvalue weighted by Crippen LogP contribution is 2.10. The van der Waals surface area contributed by atoms with Gasteiger partial charge in [0.05, 0.1) is 6.54 Å². The minimum absolute atomic E-state index is 0.316. The minimum atomic E-state index is 0.316. The third-order valence-corrected chi connectivity index (χ3v) is 1.39. The van der Waals surface area contributed by atoms with Crippen LogP contribution in [0.3, 0.4) is 0 Å². The lowest BCUT2D eigenvalue weighted by Crippen LogP contribution is -1.94. The lowest BCUT2D eigenvalue weighted by Gasteiger charge is -1.80. The molecule has 0 aromatic carbocycles. The lowest BCUT2D eigenvalue weighted by atomic mass is 10.4. The highest BCUT2D eigenvalue weighted by Gasteiger charge is 2.02. The third kappa shape index (κ3) is 0.969. The maximum atomic E-state index is 5.33. The number of hydrogen-bond acceptors (Lipinski definition) is 4. The number of nitrogens with two attached hydrogens (primary N) is 1. The summed E-state index contributed by atoms with van der Waals surface area (Å²) in [6, 6.07) is 3.65. The van der Waals surface area contributed by atoms with E-state index in [2.05, 4.69) is 9.97 Å². The fraction of sp³-hybridized carbons (Fsp3) is 0.143. The van der Waals surface area contributed by atoms with Gasteiger partial charge in [0, 0.05) is 6.20 Å². The molecular weight excluding hydrogens is 142 g/mol. The van der Waals surface area contributed by atoms with Gasteiger partial charge in [0.2, 0.25) is 11.6 Å². The monoisotopic (exact) mass is 149 g/mol. The standard InChI is InChI=1S/C7H7N3O/c8-4-6-10-5-2-1-3-9-7(5)11-6/h1-3H,4,8H2. The van der Waals surface area contributed by atoms with E-state index >= 15 is 0 Å². The number of aromatic nitrogens is 2. The Morgan fingerprint density at radius 1 is 1.55 bits per heavy atom. The Morgan fingerprint density at radius 2 is 2.45 bits per heavy atom. The van der Waals surface area contributed by atoms with Gasteiger partial charge in [0.15, 0.2) is 0 Å². The summed E-state index contributed by atoms with van der Waals surface area (Å²) in [6.07, 6.45) is 1.66. The van der Waals surface area contributed by atoms with Gasteiger partial charge in [-0.3, -0.25) is 0 Å². The van der Waals surface area contributed by atoms with Crippen LogP contribution in [0.5, 0.6) is 0 Å². The maximum absolute atomic E-state index is 5.33. The minimum Gasteiger partial charge on any atom is -0.421 e.